The second-order valence-corrected chi connectivity index (χ2v) is 5.88. The van der Waals surface area contributed by atoms with Gasteiger partial charge in [0.1, 0.15) is 0 Å². The lowest BCUT2D eigenvalue weighted by Crippen LogP contribution is -2.21. The van der Waals surface area contributed by atoms with Crippen molar-refractivity contribution in [3.8, 4) is 11.5 Å². The van der Waals surface area contributed by atoms with Crippen molar-refractivity contribution in [3.63, 3.8) is 0 Å². The summed E-state index contributed by atoms with van der Waals surface area (Å²) in [6, 6.07) is 10.6. The van der Waals surface area contributed by atoms with Crippen molar-refractivity contribution in [2.45, 2.75) is 6.92 Å². The van der Waals surface area contributed by atoms with Crippen LogP contribution >= 0.6 is 0 Å². The summed E-state index contributed by atoms with van der Waals surface area (Å²) in [6.45, 7) is 0.553. The van der Waals surface area contributed by atoms with Crippen LogP contribution in [0, 0.1) is 0 Å². The topological polar surface area (TPSA) is 134 Å². The molecule has 0 atom stereocenters. The number of hydrogen-bond donors (Lipinski definition) is 2. The first-order chi connectivity index (χ1) is 13.8. The van der Waals surface area contributed by atoms with Gasteiger partial charge in [-0.1, -0.05) is 12.1 Å². The maximum absolute atomic E-state index is 12.2. The van der Waals surface area contributed by atoms with Crippen LogP contribution < -0.4 is 20.5 Å². The Hall–Kier alpha value is -3.88. The molecule has 2 amide bonds. The van der Waals surface area contributed by atoms with Gasteiger partial charge in [-0.15, -0.1) is 0 Å². The van der Waals surface area contributed by atoms with Gasteiger partial charge in [0, 0.05) is 11.3 Å². The first-order valence-corrected chi connectivity index (χ1v) is 8.47. The molecule has 0 aromatic heterocycles. The van der Waals surface area contributed by atoms with Gasteiger partial charge >= 0.3 is 5.97 Å². The van der Waals surface area contributed by atoms with Crippen LogP contribution in [0.3, 0.4) is 0 Å². The van der Waals surface area contributed by atoms with Crippen molar-refractivity contribution in [3.05, 3.63) is 53.6 Å². The molecule has 0 fully saturated rings. The minimum atomic E-state index is -0.752. The molecule has 0 aliphatic rings. The second kappa shape index (κ2) is 9.88. The molecular weight excluding hydrogens is 380 g/mol. The third-order valence-corrected chi connectivity index (χ3v) is 3.66. The predicted octanol–water partition coefficient (Wildman–Crippen LogP) is 1.56. The molecule has 0 saturated carbocycles. The lowest BCUT2D eigenvalue weighted by atomic mass is 10.1. The van der Waals surface area contributed by atoms with Gasteiger partial charge < -0.3 is 25.3 Å². The average molecular weight is 400 g/mol. The molecule has 0 aliphatic heterocycles. The highest BCUT2D eigenvalue weighted by molar-refractivity contribution is 5.98. The van der Waals surface area contributed by atoms with Gasteiger partial charge in [-0.2, -0.15) is 0 Å². The van der Waals surface area contributed by atoms with E-state index >= 15 is 0 Å². The first kappa shape index (κ1) is 21.4. The molecule has 29 heavy (non-hydrogen) atoms. The molecule has 0 bridgehead atoms. The van der Waals surface area contributed by atoms with Gasteiger partial charge in [0.25, 0.3) is 11.8 Å². The molecule has 3 N–H and O–H groups in total. The third-order valence-electron chi connectivity index (χ3n) is 3.66. The lowest BCUT2D eigenvalue weighted by molar-refractivity contribution is -0.120. The zero-order chi connectivity index (χ0) is 21.4. The van der Waals surface area contributed by atoms with Crippen molar-refractivity contribution in [2.75, 3.05) is 25.6 Å². The normalized spacial score (nSPS) is 10.0. The lowest BCUT2D eigenvalue weighted by Gasteiger charge is -2.11. The molecular formula is C20H20N2O7. The summed E-state index contributed by atoms with van der Waals surface area (Å²) in [5, 5.41) is 2.55. The number of anilines is 1. The number of nitrogens with two attached hydrogens (primary N) is 1. The molecule has 0 unspecified atom stereocenters. The van der Waals surface area contributed by atoms with Gasteiger partial charge in [0.2, 0.25) is 0 Å². The van der Waals surface area contributed by atoms with Crippen LogP contribution in [0.5, 0.6) is 11.5 Å². The number of hydrogen-bond acceptors (Lipinski definition) is 7. The summed E-state index contributed by atoms with van der Waals surface area (Å²) in [5.41, 5.74) is 6.01. The number of carbonyl (C=O) groups excluding carboxylic acids is 4. The zero-order valence-corrected chi connectivity index (χ0v) is 15.9. The molecule has 152 valence electrons. The van der Waals surface area contributed by atoms with E-state index in [9.17, 15) is 19.2 Å². The van der Waals surface area contributed by atoms with Crippen LogP contribution in [-0.2, 0) is 14.3 Å². The number of ketones is 1. The van der Waals surface area contributed by atoms with E-state index in [-0.39, 0.29) is 29.5 Å². The van der Waals surface area contributed by atoms with Crippen molar-refractivity contribution in [1.29, 1.82) is 0 Å². The number of rotatable bonds is 9. The predicted molar refractivity (Wildman–Crippen MR) is 103 cm³/mol. The number of nitrogens with one attached hydrogen (secondary N) is 1. The first-order valence-electron chi connectivity index (χ1n) is 8.47. The number of carbonyl (C=O) groups is 4. The quantitative estimate of drug-likeness (QED) is 0.482. The third kappa shape index (κ3) is 6.35. The summed E-state index contributed by atoms with van der Waals surface area (Å²) in [7, 11) is 1.37. The molecule has 2 aromatic rings. The van der Waals surface area contributed by atoms with Crippen LogP contribution in [0.25, 0.3) is 0 Å². The van der Waals surface area contributed by atoms with Crippen LogP contribution in [0.15, 0.2) is 42.5 Å². The Labute approximate surface area is 166 Å². The number of methoxy groups -OCH3 is 1. The van der Waals surface area contributed by atoms with E-state index in [1.165, 1.54) is 38.3 Å². The fourth-order valence-electron chi connectivity index (χ4n) is 2.29. The SMILES string of the molecule is COc1cc(C(=O)OCC(=O)Nc2cccc(C(C)=O)c2)ccc1OCC(N)=O. The van der Waals surface area contributed by atoms with E-state index in [1.807, 2.05) is 0 Å². The summed E-state index contributed by atoms with van der Waals surface area (Å²) < 4.78 is 15.3. The molecule has 0 saturated heterocycles. The minimum absolute atomic E-state index is 0.125. The maximum Gasteiger partial charge on any atom is 0.338 e. The van der Waals surface area contributed by atoms with Gasteiger partial charge in [-0.25, -0.2) is 4.79 Å². The van der Waals surface area contributed by atoms with Gasteiger partial charge in [0.15, 0.2) is 30.5 Å². The molecule has 2 aromatic carbocycles. The van der Waals surface area contributed by atoms with E-state index in [1.54, 1.807) is 18.2 Å². The Kier molecular flexibility index (Phi) is 7.30. The Balaban J connectivity index is 1.96. The maximum atomic E-state index is 12.2. The highest BCUT2D eigenvalue weighted by atomic mass is 16.5. The van der Waals surface area contributed by atoms with E-state index in [0.29, 0.717) is 11.3 Å². The smallest absolute Gasteiger partial charge is 0.338 e. The number of esters is 1. The largest absolute Gasteiger partial charge is 0.493 e. The number of amides is 2. The molecule has 9 heteroatoms. The summed E-state index contributed by atoms with van der Waals surface area (Å²) in [6.07, 6.45) is 0. The number of benzene rings is 2. The van der Waals surface area contributed by atoms with Crippen LogP contribution in [0.1, 0.15) is 27.6 Å². The summed E-state index contributed by atoms with van der Waals surface area (Å²) in [5.74, 6) is -1.68. The van der Waals surface area contributed by atoms with Gasteiger partial charge in [-0.05, 0) is 37.3 Å². The van der Waals surface area contributed by atoms with Crippen LogP contribution in [0.4, 0.5) is 5.69 Å². The van der Waals surface area contributed by atoms with E-state index < -0.39 is 24.4 Å². The summed E-state index contributed by atoms with van der Waals surface area (Å²) >= 11 is 0. The second-order valence-electron chi connectivity index (χ2n) is 5.88. The molecule has 9 nitrogen and oxygen atoms in total. The fraction of sp³-hybridized carbons (Fsp3) is 0.200. The van der Waals surface area contributed by atoms with Gasteiger partial charge in [0.05, 0.1) is 12.7 Å². The molecule has 2 rings (SSSR count). The van der Waals surface area contributed by atoms with Crippen molar-refractivity contribution in [2.24, 2.45) is 5.73 Å². The van der Waals surface area contributed by atoms with Crippen LogP contribution in [0.2, 0.25) is 0 Å². The molecule has 0 heterocycles. The Morgan fingerprint density at radius 1 is 0.966 bits per heavy atom. The van der Waals surface area contributed by atoms with E-state index in [2.05, 4.69) is 5.32 Å². The molecule has 0 spiro atoms. The number of Topliss-reactive ketones (excluding diaryl/α,β-unsaturated/α-hetero) is 1. The standard InChI is InChI=1S/C20H20N2O7/c1-12(23)13-4-3-5-15(8-13)22-19(25)11-29-20(26)14-6-7-16(17(9-14)27-2)28-10-18(21)24/h3-9H,10-11H2,1-2H3,(H2,21,24)(H,22,25). The van der Waals surface area contributed by atoms with Crippen molar-refractivity contribution >= 4 is 29.3 Å². The highest BCUT2D eigenvalue weighted by Gasteiger charge is 2.15. The van der Waals surface area contributed by atoms with E-state index in [4.69, 9.17) is 19.9 Å². The zero-order valence-electron chi connectivity index (χ0n) is 15.9. The monoisotopic (exact) mass is 400 g/mol. The number of primary amides is 1. The fourth-order valence-corrected chi connectivity index (χ4v) is 2.29. The van der Waals surface area contributed by atoms with Gasteiger partial charge in [-0.3, -0.25) is 14.4 Å². The minimum Gasteiger partial charge on any atom is -0.493 e. The van der Waals surface area contributed by atoms with Crippen LogP contribution in [-0.4, -0.2) is 43.9 Å². The average Bonchev–Trinajstić information content (AvgIpc) is 2.70. The summed E-state index contributed by atoms with van der Waals surface area (Å²) in [4.78, 5) is 46.4. The van der Waals surface area contributed by atoms with E-state index in [0.717, 1.165) is 0 Å². The Bertz CT molecular complexity index is 940. The Morgan fingerprint density at radius 2 is 1.72 bits per heavy atom. The van der Waals surface area contributed by atoms with Crippen molar-refractivity contribution in [1.82, 2.24) is 0 Å². The molecule has 0 aliphatic carbocycles. The Morgan fingerprint density at radius 3 is 2.38 bits per heavy atom. The van der Waals surface area contributed by atoms with Crippen molar-refractivity contribution < 1.29 is 33.4 Å². The highest BCUT2D eigenvalue weighted by Crippen LogP contribution is 2.28. The molecule has 0 radical (unpaired) electrons. The number of ether oxygens (including phenoxy) is 3.